The van der Waals surface area contributed by atoms with Crippen molar-refractivity contribution in [2.45, 2.75) is 45.6 Å². The maximum atomic E-state index is 12.8. The van der Waals surface area contributed by atoms with Crippen molar-refractivity contribution in [3.63, 3.8) is 0 Å². The highest BCUT2D eigenvalue weighted by atomic mass is 32.2. The predicted molar refractivity (Wildman–Crippen MR) is 89.9 cm³/mol. The molecule has 0 unspecified atom stereocenters. The molecule has 0 spiro atoms. The minimum absolute atomic E-state index is 0.000850. The Labute approximate surface area is 143 Å². The Hall–Kier alpha value is -1.45. The largest absolute Gasteiger partial charge is 0.436 e. The second-order valence-corrected chi connectivity index (χ2v) is 8.24. The molecule has 1 aliphatic rings. The van der Waals surface area contributed by atoms with Crippen molar-refractivity contribution in [2.75, 3.05) is 27.2 Å². The van der Waals surface area contributed by atoms with Crippen LogP contribution < -0.4 is 4.72 Å². The van der Waals surface area contributed by atoms with E-state index in [4.69, 9.17) is 4.42 Å². The Balaban J connectivity index is 2.03. The van der Waals surface area contributed by atoms with Gasteiger partial charge < -0.3 is 9.32 Å². The molecule has 136 valence electrons. The molecular weight excluding hydrogens is 332 g/mol. The van der Waals surface area contributed by atoms with E-state index in [0.717, 1.165) is 23.6 Å². The van der Waals surface area contributed by atoms with Crippen LogP contribution in [0.1, 0.15) is 47.8 Å². The van der Waals surface area contributed by atoms with Crippen LogP contribution in [0.2, 0.25) is 0 Å². The fourth-order valence-electron chi connectivity index (χ4n) is 2.91. The topological polar surface area (TPSA) is 95.8 Å². The highest BCUT2D eigenvalue weighted by Crippen LogP contribution is 2.23. The number of aryl methyl sites for hydroxylation is 2. The maximum absolute atomic E-state index is 12.8. The molecule has 0 radical (unpaired) electrons. The maximum Gasteiger partial charge on any atom is 0.291 e. The van der Waals surface area contributed by atoms with Crippen molar-refractivity contribution < 1.29 is 17.6 Å². The summed E-state index contributed by atoms with van der Waals surface area (Å²) in [7, 11) is -0.481. The van der Waals surface area contributed by atoms with Crippen LogP contribution in [0.3, 0.4) is 0 Å². The monoisotopic (exact) mass is 358 g/mol. The predicted octanol–water partition coefficient (Wildman–Crippen LogP) is 1.07. The molecular formula is C15H26N4O4S. The first kappa shape index (κ1) is 18.9. The molecule has 9 heteroatoms. The number of hydrogen-bond donors (Lipinski definition) is 1. The Bertz CT molecular complexity index is 684. The van der Waals surface area contributed by atoms with Gasteiger partial charge in [0.2, 0.25) is 5.76 Å². The molecule has 8 nitrogen and oxygen atoms in total. The molecule has 0 saturated carbocycles. The van der Waals surface area contributed by atoms with E-state index in [-0.39, 0.29) is 17.7 Å². The summed E-state index contributed by atoms with van der Waals surface area (Å²) in [6.07, 6.45) is 3.41. The lowest BCUT2D eigenvalue weighted by Crippen LogP contribution is -2.46. The van der Waals surface area contributed by atoms with Gasteiger partial charge in [-0.1, -0.05) is 0 Å². The van der Waals surface area contributed by atoms with Crippen molar-refractivity contribution in [3.8, 4) is 0 Å². The van der Waals surface area contributed by atoms with Crippen LogP contribution in [0.15, 0.2) is 4.42 Å². The van der Waals surface area contributed by atoms with Gasteiger partial charge in [-0.05, 0) is 32.6 Å². The van der Waals surface area contributed by atoms with Gasteiger partial charge in [0.15, 0.2) is 5.89 Å². The van der Waals surface area contributed by atoms with Gasteiger partial charge in [0.05, 0.1) is 5.69 Å². The van der Waals surface area contributed by atoms with Crippen LogP contribution in [-0.2, 0) is 10.2 Å². The van der Waals surface area contributed by atoms with E-state index in [1.54, 1.807) is 18.7 Å². The molecule has 2 rings (SSSR count). The molecule has 2 heterocycles. The van der Waals surface area contributed by atoms with Crippen LogP contribution in [0.4, 0.5) is 0 Å². The quantitative estimate of drug-likeness (QED) is 0.821. The van der Waals surface area contributed by atoms with E-state index in [1.807, 2.05) is 0 Å². The van der Waals surface area contributed by atoms with Gasteiger partial charge >= 0.3 is 0 Å². The number of piperidine rings is 1. The number of oxazole rings is 1. The molecule has 1 amide bonds. The number of nitrogens with one attached hydrogen (secondary N) is 1. The van der Waals surface area contributed by atoms with E-state index in [2.05, 4.69) is 9.71 Å². The first-order chi connectivity index (χ1) is 11.2. The highest BCUT2D eigenvalue weighted by Gasteiger charge is 2.30. The molecule has 1 saturated heterocycles. The van der Waals surface area contributed by atoms with E-state index in [9.17, 15) is 13.2 Å². The molecule has 24 heavy (non-hydrogen) atoms. The summed E-state index contributed by atoms with van der Waals surface area (Å²) in [6, 6.07) is 0.000850. The summed E-state index contributed by atoms with van der Waals surface area (Å²) in [5.41, 5.74) is 0.593. The number of aromatic nitrogens is 1. The SMILES string of the molecule is Cc1nc(C)c(C(=O)N2CCCC[C@@H]2CCNS(=O)(=O)N(C)C)o1. The fraction of sp³-hybridized carbons (Fsp3) is 0.733. The zero-order valence-corrected chi connectivity index (χ0v) is 15.5. The van der Waals surface area contributed by atoms with Crippen LogP contribution in [-0.4, -0.2) is 61.7 Å². The number of amides is 1. The first-order valence-electron chi connectivity index (χ1n) is 8.14. The minimum atomic E-state index is -3.44. The van der Waals surface area contributed by atoms with Gasteiger partial charge in [0, 0.05) is 40.2 Å². The number of carbonyl (C=O) groups excluding carboxylic acids is 1. The molecule has 1 fully saturated rings. The first-order valence-corrected chi connectivity index (χ1v) is 9.58. The number of carbonyl (C=O) groups is 1. The van der Waals surface area contributed by atoms with Gasteiger partial charge in [-0.15, -0.1) is 0 Å². The Kier molecular flexibility index (Phi) is 6.00. The van der Waals surface area contributed by atoms with E-state index in [1.165, 1.54) is 14.1 Å². The lowest BCUT2D eigenvalue weighted by atomic mass is 9.99. The Morgan fingerprint density at radius 1 is 1.38 bits per heavy atom. The summed E-state index contributed by atoms with van der Waals surface area (Å²) in [5.74, 6) is 0.602. The third-order valence-electron chi connectivity index (χ3n) is 4.23. The van der Waals surface area contributed by atoms with Crippen LogP contribution in [0.5, 0.6) is 0 Å². The average Bonchev–Trinajstić information content (AvgIpc) is 2.85. The zero-order chi connectivity index (χ0) is 17.9. The zero-order valence-electron chi connectivity index (χ0n) is 14.7. The van der Waals surface area contributed by atoms with Gasteiger partial charge in [-0.25, -0.2) is 9.71 Å². The van der Waals surface area contributed by atoms with Crippen molar-refractivity contribution in [1.29, 1.82) is 0 Å². The number of hydrogen-bond acceptors (Lipinski definition) is 5. The van der Waals surface area contributed by atoms with E-state index in [0.29, 0.717) is 31.1 Å². The van der Waals surface area contributed by atoms with E-state index >= 15 is 0 Å². The van der Waals surface area contributed by atoms with Crippen molar-refractivity contribution in [1.82, 2.24) is 18.9 Å². The summed E-state index contributed by atoms with van der Waals surface area (Å²) in [4.78, 5) is 18.7. The lowest BCUT2D eigenvalue weighted by Gasteiger charge is -2.35. The smallest absolute Gasteiger partial charge is 0.291 e. The van der Waals surface area contributed by atoms with Gasteiger partial charge in [0.25, 0.3) is 16.1 Å². The standard InChI is InChI=1S/C15H26N4O4S/c1-11-14(23-12(2)17-11)15(20)19-10-6-5-7-13(19)8-9-16-24(21,22)18(3)4/h13,16H,5-10H2,1-4H3/t13-/m1/s1. The second-order valence-electron chi connectivity index (χ2n) is 6.27. The van der Waals surface area contributed by atoms with Gasteiger partial charge in [0.1, 0.15) is 0 Å². The average molecular weight is 358 g/mol. The second kappa shape index (κ2) is 7.62. The number of likely N-dealkylation sites (tertiary alicyclic amines) is 1. The Morgan fingerprint density at radius 3 is 2.67 bits per heavy atom. The Morgan fingerprint density at radius 2 is 2.08 bits per heavy atom. The fourth-order valence-corrected chi connectivity index (χ4v) is 3.55. The third kappa shape index (κ3) is 4.34. The van der Waals surface area contributed by atoms with Crippen LogP contribution in [0.25, 0.3) is 0 Å². The summed E-state index contributed by atoms with van der Waals surface area (Å²) >= 11 is 0. The number of rotatable bonds is 6. The molecule has 1 aromatic rings. The molecule has 1 aliphatic heterocycles. The molecule has 0 bridgehead atoms. The molecule has 0 aliphatic carbocycles. The molecule has 1 aromatic heterocycles. The molecule has 1 N–H and O–H groups in total. The highest BCUT2D eigenvalue weighted by molar-refractivity contribution is 7.87. The van der Waals surface area contributed by atoms with Gasteiger partial charge in [-0.2, -0.15) is 12.7 Å². The summed E-state index contributed by atoms with van der Waals surface area (Å²) in [6.45, 7) is 4.42. The van der Waals surface area contributed by atoms with Crippen LogP contribution in [0, 0.1) is 13.8 Å². The minimum Gasteiger partial charge on any atom is -0.436 e. The van der Waals surface area contributed by atoms with Crippen LogP contribution >= 0.6 is 0 Å². The third-order valence-corrected chi connectivity index (χ3v) is 5.76. The summed E-state index contributed by atoms with van der Waals surface area (Å²) < 4.78 is 32.7. The van der Waals surface area contributed by atoms with E-state index < -0.39 is 10.2 Å². The lowest BCUT2D eigenvalue weighted by molar-refractivity contribution is 0.0569. The van der Waals surface area contributed by atoms with Gasteiger partial charge in [-0.3, -0.25) is 4.79 Å². The number of nitrogens with zero attached hydrogens (tertiary/aromatic N) is 3. The van der Waals surface area contributed by atoms with Crippen molar-refractivity contribution in [3.05, 3.63) is 17.3 Å². The van der Waals surface area contributed by atoms with Crippen molar-refractivity contribution >= 4 is 16.1 Å². The summed E-state index contributed by atoms with van der Waals surface area (Å²) in [5, 5.41) is 0. The molecule has 0 aromatic carbocycles. The van der Waals surface area contributed by atoms with Crippen molar-refractivity contribution in [2.24, 2.45) is 0 Å². The molecule has 1 atom stereocenters. The normalized spacial score (nSPS) is 19.0.